The first-order chi connectivity index (χ1) is 4.24. The Morgan fingerprint density at radius 1 is 0.700 bits per heavy atom. The van der Waals surface area contributed by atoms with Crippen molar-refractivity contribution in [2.24, 2.45) is 16.0 Å². The van der Waals surface area contributed by atoms with Crippen molar-refractivity contribution in [2.45, 2.75) is 0 Å². The molecule has 0 rings (SSSR count). The van der Waals surface area contributed by atoms with Crippen LogP contribution in [0.1, 0.15) is 0 Å². The van der Waals surface area contributed by atoms with Crippen molar-refractivity contribution >= 4 is 0 Å². The molecule has 10 heavy (non-hydrogen) atoms. The zero-order valence-electron chi connectivity index (χ0n) is 4.14. The molecule has 0 heterocycles. The molecule has 10 heteroatoms. The molecule has 0 saturated heterocycles. The molecule has 0 aromatic heterocycles. The van der Waals surface area contributed by atoms with E-state index in [0.717, 1.165) is 16.0 Å². The zero-order chi connectivity index (χ0) is 8.12. The largest absolute Gasteiger partial charge is 3.00 e. The van der Waals surface area contributed by atoms with E-state index < -0.39 is 0 Å². The number of nitrogens with zero attached hydrogens (tertiary/aromatic N) is 3. The fourth-order valence-electron chi connectivity index (χ4n) is 0. The summed E-state index contributed by atoms with van der Waals surface area (Å²) < 4.78 is 0. The molecule has 0 fully saturated rings. The maximum atomic E-state index is 8.00. The molecule has 0 amide bonds. The van der Waals surface area contributed by atoms with Crippen molar-refractivity contribution in [3.63, 3.8) is 0 Å². The van der Waals surface area contributed by atoms with Gasteiger partial charge in [0.05, 0.1) is 0 Å². The summed E-state index contributed by atoms with van der Waals surface area (Å²) >= 11 is 0. The fourth-order valence-corrected chi connectivity index (χ4v) is 0. The van der Waals surface area contributed by atoms with Crippen LogP contribution in [0, 0.1) is 30.3 Å². The van der Waals surface area contributed by atoms with Crippen molar-refractivity contribution in [3.8, 4) is 0 Å². The summed E-state index contributed by atoms with van der Waals surface area (Å²) in [6, 6.07) is 0. The van der Waals surface area contributed by atoms with Crippen LogP contribution in [0.25, 0.3) is 0 Å². The van der Waals surface area contributed by atoms with Crippen molar-refractivity contribution in [3.05, 3.63) is 30.3 Å². The van der Waals surface area contributed by atoms with Crippen LogP contribution < -0.4 is 0 Å². The summed E-state index contributed by atoms with van der Waals surface area (Å²) in [7, 11) is 0. The Labute approximate surface area is 66.9 Å². The van der Waals surface area contributed by atoms with Gasteiger partial charge in [-0.3, -0.25) is 0 Å². The van der Waals surface area contributed by atoms with E-state index in [0.29, 0.717) is 0 Å². The van der Waals surface area contributed by atoms with E-state index in [-0.39, 0.29) is 19.8 Å². The third-order valence-electron chi connectivity index (χ3n) is 0. The van der Waals surface area contributed by atoms with Crippen LogP contribution in [0.5, 0.6) is 0 Å². The second kappa shape index (κ2) is 109. The van der Waals surface area contributed by atoms with Gasteiger partial charge in [-0.2, -0.15) is 0 Å². The van der Waals surface area contributed by atoms with Gasteiger partial charge in [-0.25, -0.2) is 0 Å². The molecule has 0 spiro atoms. The number of hydrogen-bond donors (Lipinski definition) is 0. The molecule has 59 valence electrons. The van der Waals surface area contributed by atoms with Crippen LogP contribution in [0.2, 0.25) is 0 Å². The van der Waals surface area contributed by atoms with Gasteiger partial charge in [0.2, 0.25) is 0 Å². The molecule has 0 saturated carbocycles. The summed E-state index contributed by atoms with van der Waals surface area (Å²) in [5.41, 5.74) is 0. The Balaban J connectivity index is -0.0000000257. The minimum atomic E-state index is 0. The van der Waals surface area contributed by atoms with Crippen LogP contribution in [0.3, 0.4) is 0 Å². The Morgan fingerprint density at radius 3 is 0.700 bits per heavy atom. The summed E-state index contributed by atoms with van der Waals surface area (Å²) in [4.78, 5) is 24.0. The van der Waals surface area contributed by atoms with Crippen LogP contribution in [0.15, 0.2) is 16.0 Å². The molecule has 0 aromatic rings. The van der Waals surface area contributed by atoms with E-state index in [1.165, 1.54) is 0 Å². The molecule has 0 aromatic carbocycles. The van der Waals surface area contributed by atoms with Crippen LogP contribution >= 0.6 is 0 Å². The smallest absolute Gasteiger partial charge is 0.444 e. The van der Waals surface area contributed by atoms with Crippen molar-refractivity contribution in [1.82, 2.24) is 0 Å². The Hall–Kier alpha value is -1.16. The zero-order valence-corrected chi connectivity index (χ0v) is 6.69. The molecule has 0 N–H and O–H groups in total. The Morgan fingerprint density at radius 2 is 0.700 bits per heavy atom. The standard InChI is InChI=1S/3HNO2.Os/c3*2-1-3;/h3*(H,2,3);/q;;;+3/p-3. The van der Waals surface area contributed by atoms with Crippen molar-refractivity contribution < 1.29 is 19.8 Å². The molecular weight excluding hydrogens is 328 g/mol. The average Bonchev–Trinajstić information content (AvgIpc) is 1.70. The van der Waals surface area contributed by atoms with Crippen LogP contribution in [-0.2, 0) is 19.8 Å². The van der Waals surface area contributed by atoms with Gasteiger partial charge in [-0.1, -0.05) is 0 Å². The summed E-state index contributed by atoms with van der Waals surface area (Å²) in [6.07, 6.45) is 0. The molecule has 0 aliphatic rings. The van der Waals surface area contributed by atoms with Gasteiger partial charge in [0.25, 0.3) is 0 Å². The molecule has 1 radical (unpaired) electrons. The Kier molecular flexibility index (Phi) is 252. The summed E-state index contributed by atoms with van der Waals surface area (Å²) in [5, 5.41) is 27.0. The molecule has 0 aliphatic carbocycles. The molecular formula is N3O6Os. The van der Waals surface area contributed by atoms with E-state index in [1.54, 1.807) is 0 Å². The van der Waals surface area contributed by atoms with Gasteiger partial charge in [0.1, 0.15) is 0 Å². The van der Waals surface area contributed by atoms with Crippen molar-refractivity contribution in [2.75, 3.05) is 0 Å². The van der Waals surface area contributed by atoms with Gasteiger partial charge < -0.3 is 30.3 Å². The van der Waals surface area contributed by atoms with E-state index in [2.05, 4.69) is 0 Å². The van der Waals surface area contributed by atoms with Gasteiger partial charge in [0.15, 0.2) is 0 Å². The third kappa shape index (κ3) is 172. The minimum Gasteiger partial charge on any atom is -0.444 e. The maximum absolute atomic E-state index is 8.00. The molecule has 0 aliphatic heterocycles. The summed E-state index contributed by atoms with van der Waals surface area (Å²) in [6.45, 7) is 0. The first-order valence-electron chi connectivity index (χ1n) is 1.10. The first-order valence-corrected chi connectivity index (χ1v) is 1.10. The van der Waals surface area contributed by atoms with E-state index in [4.69, 9.17) is 30.3 Å². The predicted octanol–water partition coefficient (Wildman–Crippen LogP) is 0.749. The van der Waals surface area contributed by atoms with E-state index in [1.807, 2.05) is 0 Å². The second-order valence-electron chi connectivity index (χ2n) is 0.224. The van der Waals surface area contributed by atoms with Crippen molar-refractivity contribution in [1.29, 1.82) is 0 Å². The van der Waals surface area contributed by atoms with Gasteiger partial charge in [0, 0.05) is 0 Å². The normalized spacial score (nSPS) is 3.60. The Bertz CT molecular complexity index is 49.7. The predicted molar refractivity (Wildman–Crippen MR) is 27.5 cm³/mol. The first kappa shape index (κ1) is 23.2. The molecule has 0 atom stereocenters. The average molecular weight is 328 g/mol. The molecule has 9 nitrogen and oxygen atoms in total. The number of rotatable bonds is 0. The van der Waals surface area contributed by atoms with E-state index in [9.17, 15) is 0 Å². The quantitative estimate of drug-likeness (QED) is 0.471. The van der Waals surface area contributed by atoms with E-state index >= 15 is 0 Å². The number of hydrogen-bond acceptors (Lipinski definition) is 9. The maximum Gasteiger partial charge on any atom is 3.00 e. The minimum absolute atomic E-state index is 0. The SMILES string of the molecule is O=N[O-].O=N[O-].O=N[O-].[Os+3]. The van der Waals surface area contributed by atoms with Crippen LogP contribution in [0.4, 0.5) is 0 Å². The summed E-state index contributed by atoms with van der Waals surface area (Å²) in [5.74, 6) is 0. The third-order valence-corrected chi connectivity index (χ3v) is 0. The second-order valence-corrected chi connectivity index (χ2v) is 0.224. The van der Waals surface area contributed by atoms with Gasteiger partial charge in [-0.05, 0) is 0 Å². The van der Waals surface area contributed by atoms with Gasteiger partial charge >= 0.3 is 19.8 Å². The molecule has 0 bridgehead atoms. The topological polar surface area (TPSA) is 157 Å². The van der Waals surface area contributed by atoms with Gasteiger partial charge in [-0.15, -0.1) is 16.0 Å². The van der Waals surface area contributed by atoms with Crippen LogP contribution in [-0.4, -0.2) is 0 Å². The monoisotopic (exact) mass is 330 g/mol. The fraction of sp³-hybridized carbons (Fsp3) is 0. The molecule has 0 unspecified atom stereocenters.